The van der Waals surface area contributed by atoms with Gasteiger partial charge in [0.05, 0.1) is 6.54 Å². The van der Waals surface area contributed by atoms with Gasteiger partial charge in [-0.25, -0.2) is 4.79 Å². The lowest BCUT2D eigenvalue weighted by Crippen LogP contribution is -2.50. The smallest absolute Gasteiger partial charge is 0.325 e. The first-order valence-corrected chi connectivity index (χ1v) is 7.71. The second-order valence-electron chi connectivity index (χ2n) is 6.23. The summed E-state index contributed by atoms with van der Waals surface area (Å²) in [5.74, 6) is -0.196. The van der Waals surface area contributed by atoms with Crippen LogP contribution in [-0.4, -0.2) is 58.9 Å². The number of amides is 4. The van der Waals surface area contributed by atoms with E-state index in [0.29, 0.717) is 19.5 Å². The minimum Gasteiger partial charge on any atom is -0.340 e. The van der Waals surface area contributed by atoms with Gasteiger partial charge in [-0.15, -0.1) is 0 Å². The molecule has 7 heteroatoms. The summed E-state index contributed by atoms with van der Waals surface area (Å²) in [7, 11) is 0. The van der Waals surface area contributed by atoms with Crippen molar-refractivity contribution in [3.05, 3.63) is 0 Å². The quantitative estimate of drug-likeness (QED) is 0.705. The molecule has 0 aromatic rings. The molecule has 3 aliphatic rings. The van der Waals surface area contributed by atoms with Crippen LogP contribution in [0.3, 0.4) is 0 Å². The number of nitrogens with zero attached hydrogens (tertiary/aromatic N) is 2. The number of imide groups is 1. The van der Waals surface area contributed by atoms with Gasteiger partial charge < -0.3 is 16.0 Å². The molecule has 21 heavy (non-hydrogen) atoms. The maximum atomic E-state index is 12.7. The summed E-state index contributed by atoms with van der Waals surface area (Å²) in [6.07, 6.45) is 4.70. The van der Waals surface area contributed by atoms with E-state index in [0.717, 1.165) is 25.7 Å². The molecular formula is C14H22N4O3. The maximum Gasteiger partial charge on any atom is 0.325 e. The molecule has 0 bridgehead atoms. The largest absolute Gasteiger partial charge is 0.340 e. The van der Waals surface area contributed by atoms with Crippen LogP contribution in [-0.2, 0) is 9.59 Å². The maximum absolute atomic E-state index is 12.7. The molecule has 3 N–H and O–H groups in total. The molecule has 3 fully saturated rings. The zero-order valence-corrected chi connectivity index (χ0v) is 12.1. The molecular weight excluding hydrogens is 272 g/mol. The van der Waals surface area contributed by atoms with Gasteiger partial charge in [0.1, 0.15) is 5.54 Å². The Morgan fingerprint density at radius 2 is 2.05 bits per heavy atom. The van der Waals surface area contributed by atoms with Gasteiger partial charge in [-0.3, -0.25) is 14.5 Å². The van der Waals surface area contributed by atoms with Gasteiger partial charge in [0.15, 0.2) is 0 Å². The van der Waals surface area contributed by atoms with E-state index in [1.807, 2.05) is 0 Å². The Bertz CT molecular complexity index is 475. The van der Waals surface area contributed by atoms with Crippen LogP contribution in [0.2, 0.25) is 0 Å². The van der Waals surface area contributed by atoms with Crippen LogP contribution in [0.15, 0.2) is 0 Å². The van der Waals surface area contributed by atoms with Crippen LogP contribution >= 0.6 is 0 Å². The number of nitrogens with two attached hydrogens (primary N) is 1. The van der Waals surface area contributed by atoms with Crippen molar-refractivity contribution in [2.75, 3.05) is 19.6 Å². The summed E-state index contributed by atoms with van der Waals surface area (Å²) in [6, 6.07) is -0.259. The normalized spacial score (nSPS) is 29.8. The fourth-order valence-corrected chi connectivity index (χ4v) is 3.72. The third-order valence-corrected chi connectivity index (χ3v) is 4.86. The molecule has 116 valence electrons. The molecule has 0 radical (unpaired) electrons. The molecule has 2 saturated heterocycles. The molecule has 1 unspecified atom stereocenters. The standard InChI is InChI=1S/C14H22N4O3/c15-7-5-11(19)17-8-6-14(9-17)12(20)18(13(21)16-14)10-3-1-2-4-10/h10H,1-9,15H2,(H,16,21). The number of carbonyl (C=O) groups excluding carboxylic acids is 3. The fraction of sp³-hybridized carbons (Fsp3) is 0.786. The highest BCUT2D eigenvalue weighted by atomic mass is 16.2. The van der Waals surface area contributed by atoms with Crippen LogP contribution in [0, 0.1) is 0 Å². The Morgan fingerprint density at radius 3 is 2.71 bits per heavy atom. The van der Waals surface area contributed by atoms with Crippen molar-refractivity contribution in [1.82, 2.24) is 15.1 Å². The third-order valence-electron chi connectivity index (χ3n) is 4.86. The van der Waals surface area contributed by atoms with Gasteiger partial charge in [0.25, 0.3) is 5.91 Å². The lowest BCUT2D eigenvalue weighted by atomic mass is 9.98. The van der Waals surface area contributed by atoms with E-state index in [2.05, 4.69) is 5.32 Å². The Labute approximate surface area is 123 Å². The van der Waals surface area contributed by atoms with Crippen molar-refractivity contribution in [3.63, 3.8) is 0 Å². The number of hydrogen-bond acceptors (Lipinski definition) is 4. The van der Waals surface area contributed by atoms with Crippen molar-refractivity contribution >= 4 is 17.8 Å². The lowest BCUT2D eigenvalue weighted by Gasteiger charge is -2.24. The Balaban J connectivity index is 1.73. The number of likely N-dealkylation sites (tertiary alicyclic amines) is 1. The van der Waals surface area contributed by atoms with Crippen molar-refractivity contribution in [2.24, 2.45) is 5.73 Å². The average molecular weight is 294 g/mol. The van der Waals surface area contributed by atoms with Gasteiger partial charge in [0, 0.05) is 25.6 Å². The minimum atomic E-state index is -0.899. The highest BCUT2D eigenvalue weighted by Crippen LogP contribution is 2.33. The molecule has 2 heterocycles. The second-order valence-corrected chi connectivity index (χ2v) is 6.23. The Kier molecular flexibility index (Phi) is 3.61. The van der Waals surface area contributed by atoms with Gasteiger partial charge in [0.2, 0.25) is 5.91 Å². The zero-order valence-electron chi connectivity index (χ0n) is 12.1. The van der Waals surface area contributed by atoms with Crippen molar-refractivity contribution in [2.45, 2.75) is 50.1 Å². The molecule has 4 amide bonds. The van der Waals surface area contributed by atoms with E-state index >= 15 is 0 Å². The summed E-state index contributed by atoms with van der Waals surface area (Å²) in [5.41, 5.74) is 4.50. The van der Waals surface area contributed by atoms with E-state index in [1.54, 1.807) is 4.90 Å². The summed E-state index contributed by atoms with van der Waals surface area (Å²) < 4.78 is 0. The SMILES string of the molecule is NCCC(=O)N1CCC2(C1)NC(=O)N(C1CCCC1)C2=O. The van der Waals surface area contributed by atoms with Crippen molar-refractivity contribution in [1.29, 1.82) is 0 Å². The topological polar surface area (TPSA) is 95.7 Å². The average Bonchev–Trinajstić information content (AvgIpc) is 3.13. The summed E-state index contributed by atoms with van der Waals surface area (Å²) in [4.78, 5) is 39.9. The van der Waals surface area contributed by atoms with Gasteiger partial charge in [-0.05, 0) is 19.3 Å². The summed E-state index contributed by atoms with van der Waals surface area (Å²) in [5, 5.41) is 2.85. The van der Waals surface area contributed by atoms with Crippen molar-refractivity contribution < 1.29 is 14.4 Å². The molecule has 2 aliphatic heterocycles. The first kappa shape index (κ1) is 14.3. The van der Waals surface area contributed by atoms with E-state index < -0.39 is 5.54 Å². The minimum absolute atomic E-state index is 0.0330. The molecule has 0 aromatic carbocycles. The van der Waals surface area contributed by atoms with Crippen LogP contribution in [0.5, 0.6) is 0 Å². The second kappa shape index (κ2) is 5.29. The monoisotopic (exact) mass is 294 g/mol. The lowest BCUT2D eigenvalue weighted by molar-refractivity contribution is -0.133. The van der Waals surface area contributed by atoms with Gasteiger partial charge in [-0.2, -0.15) is 0 Å². The highest BCUT2D eigenvalue weighted by Gasteiger charge is 2.56. The van der Waals surface area contributed by atoms with Gasteiger partial charge >= 0.3 is 6.03 Å². The first-order chi connectivity index (χ1) is 10.1. The van der Waals surface area contributed by atoms with Crippen LogP contribution in [0.4, 0.5) is 4.79 Å². The number of urea groups is 1. The Morgan fingerprint density at radius 1 is 1.33 bits per heavy atom. The highest BCUT2D eigenvalue weighted by molar-refractivity contribution is 6.08. The zero-order chi connectivity index (χ0) is 15.0. The van der Waals surface area contributed by atoms with Crippen LogP contribution in [0.1, 0.15) is 38.5 Å². The molecule has 1 atom stereocenters. The predicted molar refractivity (Wildman–Crippen MR) is 75.2 cm³/mol. The third kappa shape index (κ3) is 2.29. The first-order valence-electron chi connectivity index (χ1n) is 7.71. The summed E-state index contributed by atoms with van der Waals surface area (Å²) in [6.45, 7) is 1.08. The molecule has 0 aromatic heterocycles. The number of nitrogens with one attached hydrogen (secondary N) is 1. The molecule has 1 aliphatic carbocycles. The molecule has 7 nitrogen and oxygen atoms in total. The molecule has 1 spiro atoms. The van der Waals surface area contributed by atoms with E-state index in [9.17, 15) is 14.4 Å². The van der Waals surface area contributed by atoms with Crippen LogP contribution < -0.4 is 11.1 Å². The fourth-order valence-electron chi connectivity index (χ4n) is 3.72. The summed E-state index contributed by atoms with van der Waals surface area (Å²) >= 11 is 0. The van der Waals surface area contributed by atoms with Gasteiger partial charge in [-0.1, -0.05) is 12.8 Å². The number of rotatable bonds is 3. The number of hydrogen-bond donors (Lipinski definition) is 2. The Hall–Kier alpha value is -1.63. The van der Waals surface area contributed by atoms with E-state index in [4.69, 9.17) is 5.73 Å². The molecule has 1 saturated carbocycles. The van der Waals surface area contributed by atoms with Crippen LogP contribution in [0.25, 0.3) is 0 Å². The van der Waals surface area contributed by atoms with Crippen molar-refractivity contribution in [3.8, 4) is 0 Å². The predicted octanol–water partition coefficient (Wildman–Crippen LogP) is -0.199. The van der Waals surface area contributed by atoms with E-state index in [1.165, 1.54) is 4.90 Å². The molecule has 3 rings (SSSR count). The van der Waals surface area contributed by atoms with E-state index in [-0.39, 0.29) is 36.9 Å². The number of carbonyl (C=O) groups is 3.